The quantitative estimate of drug-likeness (QED) is 0.132. The lowest BCUT2D eigenvalue weighted by Gasteiger charge is -2.33. The van der Waals surface area contributed by atoms with Crippen LogP contribution in [0, 0.1) is 0 Å². The van der Waals surface area contributed by atoms with Crippen LogP contribution in [-0.2, 0) is 33.9 Å². The van der Waals surface area contributed by atoms with Crippen molar-refractivity contribution >= 4 is 41.1 Å². The van der Waals surface area contributed by atoms with Crippen LogP contribution in [0.4, 0.5) is 5.69 Å². The molecular weight excluding hydrogens is 739 g/mol. The molecule has 4 heterocycles. The maximum absolute atomic E-state index is 13.6. The van der Waals surface area contributed by atoms with E-state index < -0.39 is 11.9 Å². The zero-order valence-electron chi connectivity index (χ0n) is 33.7. The fourth-order valence-electron chi connectivity index (χ4n) is 8.97. The molecule has 1 unspecified atom stereocenters. The summed E-state index contributed by atoms with van der Waals surface area (Å²) in [6, 6.07) is 14.3. The van der Waals surface area contributed by atoms with E-state index in [0.29, 0.717) is 53.8 Å². The lowest BCUT2D eigenvalue weighted by atomic mass is 9.85. The highest BCUT2D eigenvalue weighted by atomic mass is 16.5. The second-order valence-electron chi connectivity index (χ2n) is 15.8. The van der Waals surface area contributed by atoms with E-state index in [1.165, 1.54) is 17.4 Å². The summed E-state index contributed by atoms with van der Waals surface area (Å²) in [6.45, 7) is 7.23. The predicted molar refractivity (Wildman–Crippen MR) is 217 cm³/mol. The monoisotopic (exact) mass is 791 g/mol. The molecule has 3 aromatic carbocycles. The molecule has 3 aromatic rings. The van der Waals surface area contributed by atoms with E-state index in [4.69, 9.17) is 9.47 Å². The van der Waals surface area contributed by atoms with Gasteiger partial charge in [-0.05, 0) is 124 Å². The van der Waals surface area contributed by atoms with Crippen molar-refractivity contribution in [2.24, 2.45) is 0 Å². The second-order valence-corrected chi connectivity index (χ2v) is 15.8. The molecule has 0 radical (unpaired) electrons. The summed E-state index contributed by atoms with van der Waals surface area (Å²) in [5, 5.41) is 5.18. The number of anilines is 1. The minimum Gasteiger partial charge on any atom is -0.493 e. The molecule has 0 aromatic heterocycles. The summed E-state index contributed by atoms with van der Waals surface area (Å²) >= 11 is 0. The fourth-order valence-corrected chi connectivity index (χ4v) is 8.97. The predicted octanol–water partition coefficient (Wildman–Crippen LogP) is 5.98. The molecule has 2 fully saturated rings. The maximum Gasteiger partial charge on any atom is 0.263 e. The van der Waals surface area contributed by atoms with Crippen molar-refractivity contribution < 1.29 is 38.2 Å². The first-order valence-electron chi connectivity index (χ1n) is 20.7. The highest BCUT2D eigenvalue weighted by Gasteiger charge is 2.41. The molecule has 4 aliphatic heterocycles. The van der Waals surface area contributed by atoms with Gasteiger partial charge in [0.1, 0.15) is 6.04 Å². The minimum atomic E-state index is -0.606. The number of methoxy groups -OCH3 is 1. The van der Waals surface area contributed by atoms with Crippen molar-refractivity contribution in [3.63, 3.8) is 0 Å². The molecule has 0 aliphatic carbocycles. The number of nitrogens with one attached hydrogen (secondary N) is 2. The van der Waals surface area contributed by atoms with Crippen molar-refractivity contribution in [3.8, 4) is 11.5 Å². The number of carbonyl (C=O) groups is 6. The molecule has 4 aliphatic rings. The van der Waals surface area contributed by atoms with Gasteiger partial charge in [-0.1, -0.05) is 37.5 Å². The number of hydrogen-bond donors (Lipinski definition) is 2. The van der Waals surface area contributed by atoms with Gasteiger partial charge in [-0.15, -0.1) is 0 Å². The van der Waals surface area contributed by atoms with Crippen molar-refractivity contribution in [2.75, 3.05) is 38.7 Å². The first-order chi connectivity index (χ1) is 28.1. The van der Waals surface area contributed by atoms with Gasteiger partial charge in [0.2, 0.25) is 17.7 Å². The first kappa shape index (κ1) is 40.6. The summed E-state index contributed by atoms with van der Waals surface area (Å²) in [4.78, 5) is 82.3. The molecule has 13 heteroatoms. The van der Waals surface area contributed by atoms with E-state index in [0.717, 1.165) is 87.7 Å². The molecule has 2 saturated heterocycles. The van der Waals surface area contributed by atoms with E-state index in [1.54, 1.807) is 36.3 Å². The summed E-state index contributed by atoms with van der Waals surface area (Å²) < 4.78 is 11.1. The number of benzene rings is 3. The van der Waals surface area contributed by atoms with Crippen molar-refractivity contribution in [2.45, 2.75) is 103 Å². The highest BCUT2D eigenvalue weighted by molar-refractivity contribution is 6.24. The molecule has 306 valence electrons. The Morgan fingerprint density at radius 3 is 2.36 bits per heavy atom. The Morgan fingerprint density at radius 2 is 1.62 bits per heavy atom. The fraction of sp³-hybridized carbons (Fsp3) is 0.467. The third kappa shape index (κ3) is 8.64. The number of amides is 6. The Hall–Kier alpha value is -5.56. The summed E-state index contributed by atoms with van der Waals surface area (Å²) in [7, 11) is 1.56. The topological polar surface area (TPSA) is 155 Å². The second kappa shape index (κ2) is 17.9. The van der Waals surface area contributed by atoms with Crippen LogP contribution in [0.1, 0.15) is 131 Å². The number of piperidine rings is 2. The molecule has 1 atom stereocenters. The van der Waals surface area contributed by atoms with Gasteiger partial charge in [-0.25, -0.2) is 0 Å². The summed E-state index contributed by atoms with van der Waals surface area (Å²) in [5.74, 6) is -0.446. The van der Waals surface area contributed by atoms with Gasteiger partial charge in [0.05, 0.1) is 37.1 Å². The van der Waals surface area contributed by atoms with Crippen molar-refractivity contribution in [3.05, 3.63) is 87.5 Å². The smallest absolute Gasteiger partial charge is 0.263 e. The SMILES string of the molecule is CCOc1cc(CN2C(=O)c3cc(CCCCCCCN4CCC(c5cccc6c5CN(C5CCC(=O)NC5=O)C6=O)CC4)cc(NC(C)=O)c3C2=O)ccc1OC. The molecule has 2 N–H and O–H groups in total. The molecule has 7 rings (SSSR count). The van der Waals surface area contributed by atoms with E-state index in [-0.39, 0.29) is 48.1 Å². The zero-order chi connectivity index (χ0) is 40.9. The van der Waals surface area contributed by atoms with E-state index in [2.05, 4.69) is 21.6 Å². The average molecular weight is 792 g/mol. The zero-order valence-corrected chi connectivity index (χ0v) is 33.7. The van der Waals surface area contributed by atoms with Crippen LogP contribution in [0.25, 0.3) is 0 Å². The number of unbranched alkanes of at least 4 members (excludes halogenated alkanes) is 4. The third-order valence-electron chi connectivity index (χ3n) is 11.9. The van der Waals surface area contributed by atoms with Gasteiger partial charge in [0.15, 0.2) is 11.5 Å². The van der Waals surface area contributed by atoms with Crippen LogP contribution >= 0.6 is 0 Å². The molecule has 13 nitrogen and oxygen atoms in total. The van der Waals surface area contributed by atoms with Crippen molar-refractivity contribution in [1.29, 1.82) is 0 Å². The van der Waals surface area contributed by atoms with E-state index >= 15 is 0 Å². The van der Waals surface area contributed by atoms with Crippen LogP contribution in [0.5, 0.6) is 11.5 Å². The van der Waals surface area contributed by atoms with Gasteiger partial charge in [-0.3, -0.25) is 39.0 Å². The number of likely N-dealkylation sites (tertiary alicyclic amines) is 1. The lowest BCUT2D eigenvalue weighted by Crippen LogP contribution is -2.52. The van der Waals surface area contributed by atoms with E-state index in [9.17, 15) is 28.8 Å². The number of ether oxygens (including phenoxy) is 2. The highest BCUT2D eigenvalue weighted by Crippen LogP contribution is 2.38. The number of rotatable bonds is 16. The Bertz CT molecular complexity index is 2110. The average Bonchev–Trinajstić information content (AvgIpc) is 3.66. The number of nitrogens with zero attached hydrogens (tertiary/aromatic N) is 3. The maximum atomic E-state index is 13.6. The molecule has 6 amide bonds. The Labute approximate surface area is 339 Å². The third-order valence-corrected chi connectivity index (χ3v) is 11.9. The normalized spacial score (nSPS) is 18.4. The van der Waals surface area contributed by atoms with Gasteiger partial charge in [0.25, 0.3) is 17.7 Å². The van der Waals surface area contributed by atoms with Gasteiger partial charge < -0.3 is 24.6 Å². The molecular formula is C45H53N5O8. The van der Waals surface area contributed by atoms with Crippen LogP contribution in [0.3, 0.4) is 0 Å². The van der Waals surface area contributed by atoms with Gasteiger partial charge in [-0.2, -0.15) is 0 Å². The number of aryl methyl sites for hydroxylation is 1. The number of fused-ring (bicyclic) bond motifs is 2. The molecule has 58 heavy (non-hydrogen) atoms. The first-order valence-corrected chi connectivity index (χ1v) is 20.7. The largest absolute Gasteiger partial charge is 0.493 e. The minimum absolute atomic E-state index is 0.0628. The van der Waals surface area contributed by atoms with Gasteiger partial charge >= 0.3 is 0 Å². The summed E-state index contributed by atoms with van der Waals surface area (Å²) in [5.41, 5.74) is 5.47. The van der Waals surface area contributed by atoms with Gasteiger partial charge in [0, 0.05) is 25.5 Å². The number of hydrogen-bond acceptors (Lipinski definition) is 9. The van der Waals surface area contributed by atoms with Crippen LogP contribution in [-0.4, -0.2) is 89.5 Å². The van der Waals surface area contributed by atoms with Crippen molar-refractivity contribution in [1.82, 2.24) is 20.0 Å². The molecule has 0 saturated carbocycles. The van der Waals surface area contributed by atoms with Crippen LogP contribution < -0.4 is 20.1 Å². The van der Waals surface area contributed by atoms with Crippen LogP contribution in [0.15, 0.2) is 48.5 Å². The summed E-state index contributed by atoms with van der Waals surface area (Å²) in [6.07, 6.45) is 8.64. The molecule has 0 spiro atoms. The lowest BCUT2D eigenvalue weighted by molar-refractivity contribution is -0.137. The molecule has 0 bridgehead atoms. The Morgan fingerprint density at radius 1 is 0.845 bits per heavy atom. The number of imide groups is 2. The van der Waals surface area contributed by atoms with Crippen LogP contribution in [0.2, 0.25) is 0 Å². The number of carbonyl (C=O) groups excluding carboxylic acids is 6. The Balaban J connectivity index is 0.864. The van der Waals surface area contributed by atoms with E-state index in [1.807, 2.05) is 25.1 Å². The Kier molecular flexibility index (Phi) is 12.6. The standard InChI is InChI=1S/C45H53N5O8/c1-4-58-39-25-30(14-16-38(39)57-3)26-50-44(55)34-23-29(24-36(46-28(2)51)41(34)45(50)56)11-8-6-5-7-9-20-48-21-18-31(19-22-48)32-12-10-13-33-35(32)27-49(43(33)54)37-15-17-40(52)47-42(37)53/h10,12-14,16,23-25,31,37H,4-9,11,15,17-22,26-27H2,1-3H3,(H,46,51)(H,47,52,53).